The average Bonchev–Trinajstić information content (AvgIpc) is 2.59. The summed E-state index contributed by atoms with van der Waals surface area (Å²) in [6.45, 7) is 4.06. The lowest BCUT2D eigenvalue weighted by atomic mass is 10.2. The van der Waals surface area contributed by atoms with Gasteiger partial charge < -0.3 is 15.8 Å². The fourth-order valence-corrected chi connectivity index (χ4v) is 1.48. The molecule has 5 nitrogen and oxygen atoms in total. The zero-order valence-electron chi connectivity index (χ0n) is 9.08. The van der Waals surface area contributed by atoms with Crippen molar-refractivity contribution in [3.63, 3.8) is 0 Å². The van der Waals surface area contributed by atoms with E-state index in [0.29, 0.717) is 5.82 Å². The topological polar surface area (TPSA) is 92.0 Å². The van der Waals surface area contributed by atoms with Crippen LogP contribution < -0.4 is 5.73 Å². The molecule has 0 amide bonds. The van der Waals surface area contributed by atoms with Crippen LogP contribution in [0.1, 0.15) is 31.1 Å². The van der Waals surface area contributed by atoms with E-state index in [1.54, 1.807) is 0 Å². The summed E-state index contributed by atoms with van der Waals surface area (Å²) in [5, 5.41) is 8.67. The number of hydrogen-bond acceptors (Lipinski definition) is 3. The molecule has 0 saturated carbocycles. The number of hydrogen-bond donors (Lipinski definition) is 3. The maximum absolute atomic E-state index is 10.6. The summed E-state index contributed by atoms with van der Waals surface area (Å²) in [5.41, 5.74) is 7.51. The van der Waals surface area contributed by atoms with E-state index in [1.807, 2.05) is 13.8 Å². The van der Waals surface area contributed by atoms with Gasteiger partial charge in [0, 0.05) is 12.1 Å². The molecule has 5 heteroatoms. The summed E-state index contributed by atoms with van der Waals surface area (Å²) in [6, 6.07) is -0.884. The first-order chi connectivity index (χ1) is 7.08. The molecule has 0 aliphatic rings. The summed E-state index contributed by atoms with van der Waals surface area (Å²) in [6.07, 6.45) is 1.97. The second kappa shape index (κ2) is 4.93. The van der Waals surface area contributed by atoms with Crippen LogP contribution in [0.15, 0.2) is 0 Å². The Morgan fingerprint density at radius 1 is 1.53 bits per heavy atom. The van der Waals surface area contributed by atoms with Crippen LogP contribution >= 0.6 is 0 Å². The van der Waals surface area contributed by atoms with Gasteiger partial charge >= 0.3 is 5.97 Å². The number of nitrogens with one attached hydrogen (secondary N) is 1. The molecule has 84 valence electrons. The Bertz CT molecular complexity index is 325. The molecule has 0 aliphatic carbocycles. The zero-order chi connectivity index (χ0) is 11.4. The Morgan fingerprint density at radius 3 is 2.60 bits per heavy atom. The second-order valence-corrected chi connectivity index (χ2v) is 3.46. The van der Waals surface area contributed by atoms with Gasteiger partial charge in [0.05, 0.1) is 5.69 Å². The minimum absolute atomic E-state index is 0.252. The number of rotatable bonds is 5. The van der Waals surface area contributed by atoms with E-state index < -0.39 is 12.0 Å². The molecule has 1 atom stereocenters. The molecule has 0 aliphatic heterocycles. The molecule has 1 aromatic heterocycles. The Balaban J connectivity index is 2.78. The van der Waals surface area contributed by atoms with Gasteiger partial charge in [0.15, 0.2) is 0 Å². The molecule has 0 spiro atoms. The van der Waals surface area contributed by atoms with Crippen LogP contribution in [0.2, 0.25) is 0 Å². The maximum atomic E-state index is 10.6. The number of aromatic nitrogens is 2. The van der Waals surface area contributed by atoms with Crippen molar-refractivity contribution in [3.05, 3.63) is 17.2 Å². The summed E-state index contributed by atoms with van der Waals surface area (Å²) in [4.78, 5) is 18.0. The van der Waals surface area contributed by atoms with Gasteiger partial charge in [0.25, 0.3) is 0 Å². The van der Waals surface area contributed by atoms with Gasteiger partial charge in [0.2, 0.25) is 0 Å². The van der Waals surface area contributed by atoms with Crippen molar-refractivity contribution in [2.45, 2.75) is 39.2 Å². The third-order valence-corrected chi connectivity index (χ3v) is 2.33. The van der Waals surface area contributed by atoms with Gasteiger partial charge in [-0.3, -0.25) is 4.79 Å². The highest BCUT2D eigenvalue weighted by molar-refractivity contribution is 5.73. The number of aliphatic carboxylic acids is 1. The van der Waals surface area contributed by atoms with Gasteiger partial charge in [-0.2, -0.15) is 0 Å². The maximum Gasteiger partial charge on any atom is 0.320 e. The van der Waals surface area contributed by atoms with Crippen molar-refractivity contribution in [1.82, 2.24) is 9.97 Å². The van der Waals surface area contributed by atoms with Crippen molar-refractivity contribution >= 4 is 5.97 Å². The minimum atomic E-state index is -0.998. The smallest absolute Gasteiger partial charge is 0.320 e. The number of imidazole rings is 1. The van der Waals surface area contributed by atoms with Crippen LogP contribution in [0.5, 0.6) is 0 Å². The van der Waals surface area contributed by atoms with E-state index in [2.05, 4.69) is 9.97 Å². The van der Waals surface area contributed by atoms with Crippen LogP contribution in [0.3, 0.4) is 0 Å². The van der Waals surface area contributed by atoms with E-state index in [0.717, 1.165) is 24.2 Å². The third kappa shape index (κ3) is 2.79. The predicted molar refractivity (Wildman–Crippen MR) is 56.7 cm³/mol. The molecule has 1 unspecified atom stereocenters. The van der Waals surface area contributed by atoms with Crippen molar-refractivity contribution in [3.8, 4) is 0 Å². The second-order valence-electron chi connectivity index (χ2n) is 3.46. The normalized spacial score (nSPS) is 12.7. The summed E-state index contributed by atoms with van der Waals surface area (Å²) >= 11 is 0. The van der Waals surface area contributed by atoms with Gasteiger partial charge in [0.1, 0.15) is 11.9 Å². The quantitative estimate of drug-likeness (QED) is 0.661. The van der Waals surface area contributed by atoms with Gasteiger partial charge in [-0.15, -0.1) is 0 Å². The van der Waals surface area contributed by atoms with Crippen LogP contribution in [0, 0.1) is 0 Å². The molecular formula is C10H17N3O2. The molecule has 0 bridgehead atoms. The van der Waals surface area contributed by atoms with E-state index in [9.17, 15) is 4.79 Å². The highest BCUT2D eigenvalue weighted by atomic mass is 16.4. The molecule has 0 radical (unpaired) electrons. The Hall–Kier alpha value is -1.36. The fourth-order valence-electron chi connectivity index (χ4n) is 1.48. The molecule has 1 rings (SSSR count). The molecule has 4 N–H and O–H groups in total. The van der Waals surface area contributed by atoms with Gasteiger partial charge in [-0.1, -0.05) is 13.8 Å². The van der Waals surface area contributed by atoms with Crippen LogP contribution in [-0.4, -0.2) is 27.1 Å². The van der Waals surface area contributed by atoms with Crippen LogP contribution in [-0.2, 0) is 24.1 Å². The lowest BCUT2D eigenvalue weighted by Crippen LogP contribution is -2.32. The Labute approximate surface area is 88.7 Å². The number of aromatic amines is 1. The lowest BCUT2D eigenvalue weighted by Gasteiger charge is -2.02. The minimum Gasteiger partial charge on any atom is -0.480 e. The molecule has 0 aromatic carbocycles. The van der Waals surface area contributed by atoms with Crippen molar-refractivity contribution in [2.75, 3.05) is 0 Å². The number of nitrogens with two attached hydrogens (primary N) is 1. The zero-order valence-corrected chi connectivity index (χ0v) is 9.08. The van der Waals surface area contributed by atoms with E-state index >= 15 is 0 Å². The number of carbonyl (C=O) groups is 1. The van der Waals surface area contributed by atoms with Gasteiger partial charge in [-0.05, 0) is 12.8 Å². The van der Waals surface area contributed by atoms with Crippen LogP contribution in [0.4, 0.5) is 0 Å². The number of carboxylic acids is 1. The summed E-state index contributed by atoms with van der Waals surface area (Å²) in [5.74, 6) is -0.332. The standard InChI is InChI=1S/C10H17N3O2/c1-3-7-8(4-2)13-9(12-7)5-6(11)10(14)15/h6H,3-5,11H2,1-2H3,(H,12,13)(H,14,15). The highest BCUT2D eigenvalue weighted by Gasteiger charge is 2.15. The molecule has 0 fully saturated rings. The Kier molecular flexibility index (Phi) is 3.85. The number of carboxylic acid groups (broad SMARTS) is 1. The third-order valence-electron chi connectivity index (χ3n) is 2.33. The highest BCUT2D eigenvalue weighted by Crippen LogP contribution is 2.09. The fraction of sp³-hybridized carbons (Fsp3) is 0.600. The van der Waals surface area contributed by atoms with E-state index in [1.165, 1.54) is 0 Å². The SMILES string of the molecule is CCc1nc(CC(N)C(=O)O)[nH]c1CC. The first-order valence-electron chi connectivity index (χ1n) is 5.13. The Morgan fingerprint density at radius 2 is 2.20 bits per heavy atom. The van der Waals surface area contributed by atoms with E-state index in [-0.39, 0.29) is 6.42 Å². The monoisotopic (exact) mass is 211 g/mol. The summed E-state index contributed by atoms with van der Waals surface area (Å²) in [7, 11) is 0. The molecule has 0 saturated heterocycles. The average molecular weight is 211 g/mol. The molecule has 15 heavy (non-hydrogen) atoms. The first-order valence-corrected chi connectivity index (χ1v) is 5.13. The van der Waals surface area contributed by atoms with Crippen molar-refractivity contribution < 1.29 is 9.90 Å². The summed E-state index contributed by atoms with van der Waals surface area (Å²) < 4.78 is 0. The number of nitrogens with zero attached hydrogens (tertiary/aromatic N) is 1. The molecular weight excluding hydrogens is 194 g/mol. The van der Waals surface area contributed by atoms with Crippen molar-refractivity contribution in [1.29, 1.82) is 0 Å². The lowest BCUT2D eigenvalue weighted by molar-refractivity contribution is -0.138. The molecule has 1 heterocycles. The number of aryl methyl sites for hydroxylation is 2. The largest absolute Gasteiger partial charge is 0.480 e. The van der Waals surface area contributed by atoms with Crippen LogP contribution in [0.25, 0.3) is 0 Å². The first kappa shape index (κ1) is 11.7. The molecule has 1 aromatic rings. The van der Waals surface area contributed by atoms with Gasteiger partial charge in [-0.25, -0.2) is 4.98 Å². The number of H-pyrrole nitrogens is 1. The predicted octanol–water partition coefficient (Wildman–Crippen LogP) is 0.489. The van der Waals surface area contributed by atoms with E-state index in [4.69, 9.17) is 10.8 Å². The van der Waals surface area contributed by atoms with Crippen molar-refractivity contribution in [2.24, 2.45) is 5.73 Å².